The zero-order valence-corrected chi connectivity index (χ0v) is 11.0. The van der Waals surface area contributed by atoms with E-state index in [0.29, 0.717) is 19.0 Å². The predicted octanol–water partition coefficient (Wildman–Crippen LogP) is 1.04. The Bertz CT molecular complexity index is 231. The average Bonchev–Trinajstić information content (AvgIpc) is 2.67. The lowest BCUT2D eigenvalue weighted by molar-refractivity contribution is -0.121. The van der Waals surface area contributed by atoms with Crippen LogP contribution in [0.15, 0.2) is 0 Å². The second kappa shape index (κ2) is 7.67. The lowest BCUT2D eigenvalue weighted by atomic mass is 10.1. The Hall–Kier alpha value is -0.610. The standard InChI is InChI=1S/C13H26N2O2/c1-10(2)14-8-4-7-13(17)15-9-11-5-3-6-12(11)16/h10-12,14,16H,3-9H2,1-2H3,(H,15,17). The average molecular weight is 242 g/mol. The van der Waals surface area contributed by atoms with Crippen molar-refractivity contribution in [2.75, 3.05) is 13.1 Å². The number of rotatable bonds is 7. The van der Waals surface area contributed by atoms with Gasteiger partial charge in [0.2, 0.25) is 5.91 Å². The lowest BCUT2D eigenvalue weighted by Crippen LogP contribution is -2.33. The summed E-state index contributed by atoms with van der Waals surface area (Å²) < 4.78 is 0. The van der Waals surface area contributed by atoms with Crippen LogP contribution >= 0.6 is 0 Å². The zero-order valence-electron chi connectivity index (χ0n) is 11.0. The number of nitrogens with one attached hydrogen (secondary N) is 2. The molecular weight excluding hydrogens is 216 g/mol. The summed E-state index contributed by atoms with van der Waals surface area (Å²) in [6, 6.07) is 0.478. The van der Waals surface area contributed by atoms with E-state index in [0.717, 1.165) is 32.2 Å². The molecule has 0 heterocycles. The number of aliphatic hydroxyl groups excluding tert-OH is 1. The topological polar surface area (TPSA) is 61.4 Å². The van der Waals surface area contributed by atoms with Crippen LogP contribution in [0.4, 0.5) is 0 Å². The number of carbonyl (C=O) groups is 1. The molecule has 4 heteroatoms. The summed E-state index contributed by atoms with van der Waals surface area (Å²) in [5, 5.41) is 15.8. The monoisotopic (exact) mass is 242 g/mol. The van der Waals surface area contributed by atoms with Gasteiger partial charge in [0.25, 0.3) is 0 Å². The molecule has 0 aliphatic heterocycles. The molecule has 2 unspecified atom stereocenters. The molecule has 1 rings (SSSR count). The Labute approximate surface area is 104 Å². The van der Waals surface area contributed by atoms with Gasteiger partial charge in [-0.1, -0.05) is 20.3 Å². The van der Waals surface area contributed by atoms with Crippen molar-refractivity contribution in [2.24, 2.45) is 5.92 Å². The van der Waals surface area contributed by atoms with Crippen LogP contribution in [-0.2, 0) is 4.79 Å². The van der Waals surface area contributed by atoms with Crippen molar-refractivity contribution in [1.82, 2.24) is 10.6 Å². The lowest BCUT2D eigenvalue weighted by Gasteiger charge is -2.15. The molecule has 0 spiro atoms. The van der Waals surface area contributed by atoms with Gasteiger partial charge < -0.3 is 15.7 Å². The van der Waals surface area contributed by atoms with Gasteiger partial charge in [0.1, 0.15) is 0 Å². The molecule has 0 aromatic rings. The van der Waals surface area contributed by atoms with Crippen molar-refractivity contribution >= 4 is 5.91 Å². The molecule has 2 atom stereocenters. The maximum absolute atomic E-state index is 11.5. The summed E-state index contributed by atoms with van der Waals surface area (Å²) in [6.07, 6.45) is 4.24. The van der Waals surface area contributed by atoms with Crippen LogP contribution in [0.1, 0.15) is 46.0 Å². The first-order valence-corrected chi connectivity index (χ1v) is 6.77. The minimum absolute atomic E-state index is 0.106. The third kappa shape index (κ3) is 6.03. The largest absolute Gasteiger partial charge is 0.393 e. The summed E-state index contributed by atoms with van der Waals surface area (Å²) in [5.41, 5.74) is 0. The van der Waals surface area contributed by atoms with Gasteiger partial charge in [-0.15, -0.1) is 0 Å². The summed E-state index contributed by atoms with van der Waals surface area (Å²) in [4.78, 5) is 11.5. The molecule has 17 heavy (non-hydrogen) atoms. The number of hydrogen-bond donors (Lipinski definition) is 3. The van der Waals surface area contributed by atoms with E-state index >= 15 is 0 Å². The molecule has 0 aromatic carbocycles. The number of amides is 1. The van der Waals surface area contributed by atoms with Crippen molar-refractivity contribution in [1.29, 1.82) is 0 Å². The first-order chi connectivity index (χ1) is 8.09. The highest BCUT2D eigenvalue weighted by Crippen LogP contribution is 2.24. The fourth-order valence-electron chi connectivity index (χ4n) is 2.23. The van der Waals surface area contributed by atoms with Gasteiger partial charge >= 0.3 is 0 Å². The van der Waals surface area contributed by atoms with Gasteiger partial charge in [0.05, 0.1) is 6.10 Å². The van der Waals surface area contributed by atoms with Crippen molar-refractivity contribution < 1.29 is 9.90 Å². The molecule has 3 N–H and O–H groups in total. The van der Waals surface area contributed by atoms with Gasteiger partial charge in [-0.25, -0.2) is 0 Å². The summed E-state index contributed by atoms with van der Waals surface area (Å²) >= 11 is 0. The maximum atomic E-state index is 11.5. The smallest absolute Gasteiger partial charge is 0.220 e. The van der Waals surface area contributed by atoms with Gasteiger partial charge in [-0.05, 0) is 25.8 Å². The molecule has 1 fully saturated rings. The Balaban J connectivity index is 2.01. The minimum Gasteiger partial charge on any atom is -0.393 e. The van der Waals surface area contributed by atoms with E-state index in [-0.39, 0.29) is 17.9 Å². The van der Waals surface area contributed by atoms with Crippen LogP contribution in [0.3, 0.4) is 0 Å². The highest BCUT2D eigenvalue weighted by molar-refractivity contribution is 5.75. The van der Waals surface area contributed by atoms with E-state index in [9.17, 15) is 9.90 Å². The molecule has 1 saturated carbocycles. The van der Waals surface area contributed by atoms with Crippen LogP contribution in [0, 0.1) is 5.92 Å². The number of carbonyl (C=O) groups excluding carboxylic acids is 1. The predicted molar refractivity (Wildman–Crippen MR) is 68.7 cm³/mol. The second-order valence-corrected chi connectivity index (χ2v) is 5.27. The van der Waals surface area contributed by atoms with Gasteiger partial charge in [-0.2, -0.15) is 0 Å². The molecule has 1 aliphatic rings. The fourth-order valence-corrected chi connectivity index (χ4v) is 2.23. The zero-order chi connectivity index (χ0) is 12.7. The van der Waals surface area contributed by atoms with Crippen LogP contribution in [0.5, 0.6) is 0 Å². The van der Waals surface area contributed by atoms with E-state index in [1.165, 1.54) is 0 Å². The Morgan fingerprint density at radius 3 is 2.76 bits per heavy atom. The van der Waals surface area contributed by atoms with Crippen LogP contribution < -0.4 is 10.6 Å². The fraction of sp³-hybridized carbons (Fsp3) is 0.923. The number of hydrogen-bond acceptors (Lipinski definition) is 3. The van der Waals surface area contributed by atoms with Crippen molar-refractivity contribution in [3.8, 4) is 0 Å². The third-order valence-electron chi connectivity index (χ3n) is 3.31. The molecule has 0 bridgehead atoms. The molecule has 4 nitrogen and oxygen atoms in total. The first kappa shape index (κ1) is 14.5. The maximum Gasteiger partial charge on any atom is 0.220 e. The van der Waals surface area contributed by atoms with E-state index in [2.05, 4.69) is 24.5 Å². The molecular formula is C13H26N2O2. The molecule has 1 amide bonds. The highest BCUT2D eigenvalue weighted by Gasteiger charge is 2.25. The second-order valence-electron chi connectivity index (χ2n) is 5.27. The molecule has 1 aliphatic carbocycles. The van der Waals surface area contributed by atoms with E-state index in [1.807, 2.05) is 0 Å². The van der Waals surface area contributed by atoms with Crippen LogP contribution in [0.2, 0.25) is 0 Å². The highest BCUT2D eigenvalue weighted by atomic mass is 16.3. The van der Waals surface area contributed by atoms with E-state index < -0.39 is 0 Å². The van der Waals surface area contributed by atoms with Gasteiger partial charge in [0, 0.05) is 24.9 Å². The van der Waals surface area contributed by atoms with Crippen molar-refractivity contribution in [3.63, 3.8) is 0 Å². The van der Waals surface area contributed by atoms with Crippen molar-refractivity contribution in [2.45, 2.75) is 58.1 Å². The normalized spacial score (nSPS) is 24.2. The van der Waals surface area contributed by atoms with Gasteiger partial charge in [0.15, 0.2) is 0 Å². The SMILES string of the molecule is CC(C)NCCCC(=O)NCC1CCCC1O. The third-order valence-corrected chi connectivity index (χ3v) is 3.31. The minimum atomic E-state index is -0.210. The summed E-state index contributed by atoms with van der Waals surface area (Å²) in [6.45, 7) is 5.72. The molecule has 0 radical (unpaired) electrons. The molecule has 0 aromatic heterocycles. The first-order valence-electron chi connectivity index (χ1n) is 6.77. The number of aliphatic hydroxyl groups is 1. The summed E-state index contributed by atoms with van der Waals surface area (Å²) in [7, 11) is 0. The Morgan fingerprint density at radius 1 is 1.41 bits per heavy atom. The van der Waals surface area contributed by atoms with E-state index in [4.69, 9.17) is 0 Å². The molecule has 100 valence electrons. The molecule has 0 saturated heterocycles. The van der Waals surface area contributed by atoms with E-state index in [1.54, 1.807) is 0 Å². The Kier molecular flexibility index (Phi) is 6.52. The van der Waals surface area contributed by atoms with Crippen LogP contribution in [-0.4, -0.2) is 36.2 Å². The Morgan fingerprint density at radius 2 is 2.18 bits per heavy atom. The summed E-state index contributed by atoms with van der Waals surface area (Å²) in [5.74, 6) is 0.377. The quantitative estimate of drug-likeness (QED) is 0.585. The van der Waals surface area contributed by atoms with Crippen molar-refractivity contribution in [3.05, 3.63) is 0 Å². The van der Waals surface area contributed by atoms with Gasteiger partial charge in [-0.3, -0.25) is 4.79 Å². The van der Waals surface area contributed by atoms with Crippen LogP contribution in [0.25, 0.3) is 0 Å².